The minimum absolute atomic E-state index is 0.151. The maximum Gasteiger partial charge on any atom is 0.329 e. The molecule has 4 nitrogen and oxygen atoms in total. The van der Waals surface area contributed by atoms with Crippen LogP contribution in [-0.2, 0) is 4.79 Å². The third kappa shape index (κ3) is 2.85. The van der Waals surface area contributed by atoms with Crippen LogP contribution >= 0.6 is 0 Å². The Morgan fingerprint density at radius 1 is 1.38 bits per heavy atom. The molecule has 1 rings (SSSR count). The first-order valence-electron chi connectivity index (χ1n) is 4.67. The summed E-state index contributed by atoms with van der Waals surface area (Å²) in [5, 5.41) is 17.4. The summed E-state index contributed by atoms with van der Waals surface area (Å²) in [6, 6.07) is 9.00. The fraction of sp³-hybridized carbons (Fsp3) is 0.167. The molecule has 0 aliphatic carbocycles. The second-order valence-electron chi connectivity index (χ2n) is 3.45. The molecule has 0 fully saturated rings. The van der Waals surface area contributed by atoms with Crippen molar-refractivity contribution in [2.24, 2.45) is 0 Å². The zero-order valence-corrected chi connectivity index (χ0v) is 9.14. The van der Waals surface area contributed by atoms with Gasteiger partial charge in [0.25, 0.3) is 0 Å². The van der Waals surface area contributed by atoms with Crippen LogP contribution < -0.4 is 4.90 Å². The largest absolute Gasteiger partial charge is 0.478 e. The van der Waals surface area contributed by atoms with Crippen molar-refractivity contribution in [3.8, 4) is 6.07 Å². The van der Waals surface area contributed by atoms with Crippen LogP contribution in [0.2, 0.25) is 0 Å². The smallest absolute Gasteiger partial charge is 0.329 e. The molecule has 0 aliphatic rings. The minimum Gasteiger partial charge on any atom is -0.478 e. The van der Waals surface area contributed by atoms with E-state index in [2.05, 4.69) is 0 Å². The van der Waals surface area contributed by atoms with E-state index in [1.807, 2.05) is 37.2 Å². The summed E-state index contributed by atoms with van der Waals surface area (Å²) in [4.78, 5) is 12.4. The first-order chi connectivity index (χ1) is 7.54. The number of nitriles is 1. The molecule has 0 amide bonds. The van der Waals surface area contributed by atoms with Gasteiger partial charge in [-0.2, -0.15) is 5.26 Å². The second kappa shape index (κ2) is 4.99. The predicted octanol–water partition coefficient (Wildman–Crippen LogP) is 1.74. The molecule has 1 N–H and O–H groups in total. The highest BCUT2D eigenvalue weighted by Gasteiger charge is 2.03. The zero-order valence-electron chi connectivity index (χ0n) is 9.14. The van der Waals surface area contributed by atoms with Gasteiger partial charge in [-0.25, -0.2) is 4.79 Å². The summed E-state index contributed by atoms with van der Waals surface area (Å²) in [5.74, 6) is -1.12. The Morgan fingerprint density at radius 3 is 2.31 bits per heavy atom. The Labute approximate surface area is 94.0 Å². The summed E-state index contributed by atoms with van der Waals surface area (Å²) in [6.07, 6.45) is 0.907. The van der Waals surface area contributed by atoms with Crippen molar-refractivity contribution in [1.29, 1.82) is 5.26 Å². The summed E-state index contributed by atoms with van der Waals surface area (Å²) >= 11 is 0. The number of rotatable bonds is 3. The molecule has 0 aromatic heterocycles. The number of nitrogens with zero attached hydrogens (tertiary/aromatic N) is 2. The molecular formula is C12H12N2O2. The molecule has 1 aromatic carbocycles. The summed E-state index contributed by atoms with van der Waals surface area (Å²) in [6.45, 7) is 0. The average molecular weight is 216 g/mol. The van der Waals surface area contributed by atoms with E-state index in [0.29, 0.717) is 5.56 Å². The molecule has 4 heteroatoms. The second-order valence-corrected chi connectivity index (χ2v) is 3.45. The lowest BCUT2D eigenvalue weighted by Gasteiger charge is -2.12. The van der Waals surface area contributed by atoms with Crippen LogP contribution in [0.25, 0.3) is 5.57 Å². The van der Waals surface area contributed by atoms with Crippen LogP contribution in [0.15, 0.2) is 30.3 Å². The van der Waals surface area contributed by atoms with E-state index in [-0.39, 0.29) is 5.57 Å². The molecule has 0 unspecified atom stereocenters. The molecular weight excluding hydrogens is 204 g/mol. The van der Waals surface area contributed by atoms with Crippen molar-refractivity contribution in [1.82, 2.24) is 0 Å². The first kappa shape index (κ1) is 11.8. The van der Waals surface area contributed by atoms with Crippen LogP contribution in [0, 0.1) is 11.3 Å². The normalized spacial score (nSPS) is 10.7. The van der Waals surface area contributed by atoms with Crippen LogP contribution in [0.1, 0.15) is 5.56 Å². The van der Waals surface area contributed by atoms with Gasteiger partial charge >= 0.3 is 5.97 Å². The number of aliphatic carboxylic acids is 1. The third-order valence-electron chi connectivity index (χ3n) is 2.08. The van der Waals surface area contributed by atoms with Gasteiger partial charge in [0, 0.05) is 25.9 Å². The molecule has 0 saturated heterocycles. The highest BCUT2D eigenvalue weighted by molar-refractivity contribution is 5.94. The van der Waals surface area contributed by atoms with E-state index in [4.69, 9.17) is 10.4 Å². The van der Waals surface area contributed by atoms with E-state index in [1.165, 1.54) is 0 Å². The molecule has 0 spiro atoms. The fourth-order valence-corrected chi connectivity index (χ4v) is 1.24. The van der Waals surface area contributed by atoms with Gasteiger partial charge < -0.3 is 10.0 Å². The highest BCUT2D eigenvalue weighted by atomic mass is 16.4. The molecule has 16 heavy (non-hydrogen) atoms. The monoisotopic (exact) mass is 216 g/mol. The Morgan fingerprint density at radius 2 is 1.94 bits per heavy atom. The average Bonchev–Trinajstić information content (AvgIpc) is 2.25. The fourth-order valence-electron chi connectivity index (χ4n) is 1.24. The van der Waals surface area contributed by atoms with Crippen molar-refractivity contribution in [3.05, 3.63) is 35.9 Å². The molecule has 0 aliphatic heterocycles. The maximum atomic E-state index is 10.5. The third-order valence-corrected chi connectivity index (χ3v) is 2.08. The number of benzene rings is 1. The maximum absolute atomic E-state index is 10.5. The van der Waals surface area contributed by atoms with Crippen molar-refractivity contribution >= 4 is 17.2 Å². The van der Waals surface area contributed by atoms with Crippen molar-refractivity contribution in [2.45, 2.75) is 0 Å². The Bertz CT molecular complexity index is 453. The van der Waals surface area contributed by atoms with Gasteiger partial charge in [-0.05, 0) is 17.7 Å². The lowest BCUT2D eigenvalue weighted by Crippen LogP contribution is -2.08. The number of carbonyl (C=O) groups is 1. The number of hydrogen-bond acceptors (Lipinski definition) is 3. The van der Waals surface area contributed by atoms with Crippen molar-refractivity contribution < 1.29 is 9.90 Å². The summed E-state index contributed by atoms with van der Waals surface area (Å²) < 4.78 is 0. The van der Waals surface area contributed by atoms with Gasteiger partial charge in [0.2, 0.25) is 0 Å². The van der Waals surface area contributed by atoms with E-state index < -0.39 is 5.97 Å². The molecule has 0 radical (unpaired) electrons. The van der Waals surface area contributed by atoms with E-state index in [0.717, 1.165) is 11.8 Å². The summed E-state index contributed by atoms with van der Waals surface area (Å²) in [5.41, 5.74) is 1.75. The van der Waals surface area contributed by atoms with Crippen LogP contribution in [-0.4, -0.2) is 25.2 Å². The quantitative estimate of drug-likeness (QED) is 0.617. The first-order valence-corrected chi connectivity index (χ1v) is 4.67. The SMILES string of the molecule is CN(C)c1ccc(C(C#N)=CC(=O)O)cc1. The molecule has 0 atom stereocenters. The van der Waals surface area contributed by atoms with Gasteiger partial charge in [-0.3, -0.25) is 0 Å². The Kier molecular flexibility index (Phi) is 3.67. The van der Waals surface area contributed by atoms with Gasteiger partial charge in [0.05, 0.1) is 5.57 Å². The lowest BCUT2D eigenvalue weighted by molar-refractivity contribution is -0.131. The van der Waals surface area contributed by atoms with E-state index in [9.17, 15) is 4.79 Å². The Hall–Kier alpha value is -2.28. The van der Waals surface area contributed by atoms with Gasteiger partial charge in [-0.1, -0.05) is 12.1 Å². The van der Waals surface area contributed by atoms with Gasteiger partial charge in [-0.15, -0.1) is 0 Å². The summed E-state index contributed by atoms with van der Waals surface area (Å²) in [7, 11) is 3.82. The molecule has 1 aromatic rings. The lowest BCUT2D eigenvalue weighted by atomic mass is 10.1. The predicted molar refractivity (Wildman–Crippen MR) is 62.0 cm³/mol. The van der Waals surface area contributed by atoms with Gasteiger partial charge in [0.1, 0.15) is 6.07 Å². The topological polar surface area (TPSA) is 64.3 Å². The number of anilines is 1. The molecule has 0 bridgehead atoms. The number of carboxylic acid groups (broad SMARTS) is 1. The van der Waals surface area contributed by atoms with Crippen LogP contribution in [0.4, 0.5) is 5.69 Å². The van der Waals surface area contributed by atoms with Crippen molar-refractivity contribution in [3.63, 3.8) is 0 Å². The molecule has 0 heterocycles. The number of allylic oxidation sites excluding steroid dienone is 1. The van der Waals surface area contributed by atoms with Crippen molar-refractivity contribution in [2.75, 3.05) is 19.0 Å². The van der Waals surface area contributed by atoms with Gasteiger partial charge in [0.15, 0.2) is 0 Å². The zero-order chi connectivity index (χ0) is 12.1. The highest BCUT2D eigenvalue weighted by Crippen LogP contribution is 2.18. The number of carboxylic acids is 1. The van der Waals surface area contributed by atoms with Crippen LogP contribution in [0.3, 0.4) is 0 Å². The Balaban J connectivity index is 3.06. The number of hydrogen-bond donors (Lipinski definition) is 1. The van der Waals surface area contributed by atoms with E-state index >= 15 is 0 Å². The minimum atomic E-state index is -1.12. The molecule has 0 saturated carbocycles. The van der Waals surface area contributed by atoms with Crippen LogP contribution in [0.5, 0.6) is 0 Å². The van der Waals surface area contributed by atoms with E-state index in [1.54, 1.807) is 12.1 Å². The standard InChI is InChI=1S/C12H12N2O2/c1-14(2)11-5-3-9(4-6-11)10(8-13)7-12(15)16/h3-7H,1-2H3,(H,15,16). The molecule has 82 valence electrons.